The normalized spacial score (nSPS) is 15.6. The van der Waals surface area contributed by atoms with Crippen molar-refractivity contribution in [3.8, 4) is 17.0 Å². The maximum Gasteiger partial charge on any atom is 0.276 e. The molecule has 0 radical (unpaired) electrons. The van der Waals surface area contributed by atoms with Crippen molar-refractivity contribution in [1.82, 2.24) is 15.3 Å². The molecule has 1 amide bonds. The molecule has 0 bridgehead atoms. The molecule has 2 aromatic heterocycles. The number of amides is 1. The minimum atomic E-state index is -1.06. The van der Waals surface area contributed by atoms with E-state index in [1.54, 1.807) is 6.07 Å². The molecule has 0 aliphatic carbocycles. The van der Waals surface area contributed by atoms with Gasteiger partial charge in [0, 0.05) is 24.9 Å². The van der Waals surface area contributed by atoms with E-state index < -0.39 is 40.3 Å². The SMILES string of the molecule is Nc1cc(F)c(-c2c(F)cccc2F)nc1C(=O)Nc1cnccc1OC1CCNC1. The Kier molecular flexibility index (Phi) is 5.72. The summed E-state index contributed by atoms with van der Waals surface area (Å²) < 4.78 is 48.6. The molecule has 4 rings (SSSR count). The number of benzene rings is 1. The fourth-order valence-corrected chi connectivity index (χ4v) is 3.25. The monoisotopic (exact) mass is 429 g/mol. The predicted molar refractivity (Wildman–Crippen MR) is 108 cm³/mol. The van der Waals surface area contributed by atoms with Crippen LogP contribution >= 0.6 is 0 Å². The number of rotatable bonds is 5. The Morgan fingerprint density at radius 1 is 1.19 bits per heavy atom. The third-order valence-corrected chi connectivity index (χ3v) is 4.76. The topological polar surface area (TPSA) is 102 Å². The summed E-state index contributed by atoms with van der Waals surface area (Å²) >= 11 is 0. The lowest BCUT2D eigenvalue weighted by atomic mass is 10.1. The lowest BCUT2D eigenvalue weighted by Gasteiger charge is -2.16. The number of nitrogens with zero attached hydrogens (tertiary/aromatic N) is 2. The molecule has 160 valence electrons. The molecule has 1 aliphatic rings. The zero-order valence-corrected chi connectivity index (χ0v) is 16.2. The molecule has 10 heteroatoms. The van der Waals surface area contributed by atoms with Gasteiger partial charge in [-0.2, -0.15) is 0 Å². The summed E-state index contributed by atoms with van der Waals surface area (Å²) in [5.74, 6) is -3.51. The molecule has 1 unspecified atom stereocenters. The highest BCUT2D eigenvalue weighted by Gasteiger charge is 2.23. The summed E-state index contributed by atoms with van der Waals surface area (Å²) in [6.07, 6.45) is 3.63. The summed E-state index contributed by atoms with van der Waals surface area (Å²) in [5, 5.41) is 5.74. The molecule has 0 saturated carbocycles. The zero-order chi connectivity index (χ0) is 22.0. The third-order valence-electron chi connectivity index (χ3n) is 4.76. The van der Waals surface area contributed by atoms with Gasteiger partial charge in [-0.05, 0) is 25.1 Å². The number of nitrogen functional groups attached to an aromatic ring is 1. The minimum Gasteiger partial charge on any atom is -0.487 e. The van der Waals surface area contributed by atoms with E-state index in [1.165, 1.54) is 12.4 Å². The molecule has 31 heavy (non-hydrogen) atoms. The first-order valence-corrected chi connectivity index (χ1v) is 9.47. The van der Waals surface area contributed by atoms with Crippen LogP contribution in [0.25, 0.3) is 11.3 Å². The van der Waals surface area contributed by atoms with Crippen LogP contribution in [0.4, 0.5) is 24.5 Å². The number of carbonyl (C=O) groups is 1. The van der Waals surface area contributed by atoms with Crippen molar-refractivity contribution in [2.24, 2.45) is 0 Å². The van der Waals surface area contributed by atoms with Gasteiger partial charge >= 0.3 is 0 Å². The Morgan fingerprint density at radius 2 is 1.97 bits per heavy atom. The van der Waals surface area contributed by atoms with E-state index >= 15 is 0 Å². The molecule has 4 N–H and O–H groups in total. The highest BCUT2D eigenvalue weighted by atomic mass is 19.1. The Labute approximate surface area is 175 Å². The highest BCUT2D eigenvalue weighted by molar-refractivity contribution is 6.07. The van der Waals surface area contributed by atoms with Gasteiger partial charge in [-0.25, -0.2) is 18.2 Å². The van der Waals surface area contributed by atoms with E-state index in [0.717, 1.165) is 37.2 Å². The van der Waals surface area contributed by atoms with Crippen LogP contribution < -0.4 is 21.1 Å². The first-order chi connectivity index (χ1) is 14.9. The summed E-state index contributed by atoms with van der Waals surface area (Å²) in [6.45, 7) is 1.49. The van der Waals surface area contributed by atoms with E-state index in [2.05, 4.69) is 20.6 Å². The molecular formula is C21H18F3N5O2. The fraction of sp³-hybridized carbons (Fsp3) is 0.190. The van der Waals surface area contributed by atoms with Gasteiger partial charge in [-0.1, -0.05) is 6.07 Å². The van der Waals surface area contributed by atoms with Gasteiger partial charge in [0.1, 0.15) is 34.9 Å². The average Bonchev–Trinajstić information content (AvgIpc) is 3.24. The third kappa shape index (κ3) is 4.29. The van der Waals surface area contributed by atoms with Crippen molar-refractivity contribution in [1.29, 1.82) is 0 Å². The minimum absolute atomic E-state index is 0.0669. The molecule has 1 saturated heterocycles. The molecule has 3 aromatic rings. The van der Waals surface area contributed by atoms with E-state index in [4.69, 9.17) is 10.5 Å². The van der Waals surface area contributed by atoms with E-state index in [9.17, 15) is 18.0 Å². The number of nitrogens with one attached hydrogen (secondary N) is 2. The van der Waals surface area contributed by atoms with Crippen LogP contribution in [0, 0.1) is 17.5 Å². The van der Waals surface area contributed by atoms with Crippen molar-refractivity contribution in [2.45, 2.75) is 12.5 Å². The Balaban J connectivity index is 1.66. The fourth-order valence-electron chi connectivity index (χ4n) is 3.25. The van der Waals surface area contributed by atoms with E-state index in [1.807, 2.05) is 0 Å². The highest BCUT2D eigenvalue weighted by Crippen LogP contribution is 2.30. The Hall–Kier alpha value is -3.66. The average molecular weight is 429 g/mol. The molecular weight excluding hydrogens is 411 g/mol. The molecule has 3 heterocycles. The lowest BCUT2D eigenvalue weighted by Crippen LogP contribution is -2.22. The van der Waals surface area contributed by atoms with E-state index in [-0.39, 0.29) is 17.5 Å². The molecule has 0 spiro atoms. The van der Waals surface area contributed by atoms with Crippen molar-refractivity contribution in [3.63, 3.8) is 0 Å². The summed E-state index contributed by atoms with van der Waals surface area (Å²) in [5.41, 5.74) is 3.99. The second-order valence-electron chi connectivity index (χ2n) is 6.91. The zero-order valence-electron chi connectivity index (χ0n) is 16.2. The van der Waals surface area contributed by atoms with Crippen LogP contribution in [0.2, 0.25) is 0 Å². The van der Waals surface area contributed by atoms with Crippen LogP contribution in [0.1, 0.15) is 16.9 Å². The van der Waals surface area contributed by atoms with Gasteiger partial charge in [0.25, 0.3) is 5.91 Å². The largest absolute Gasteiger partial charge is 0.487 e. The van der Waals surface area contributed by atoms with Crippen molar-refractivity contribution in [2.75, 3.05) is 24.1 Å². The Morgan fingerprint density at radius 3 is 2.68 bits per heavy atom. The summed E-state index contributed by atoms with van der Waals surface area (Å²) in [7, 11) is 0. The number of ether oxygens (including phenoxy) is 1. The molecule has 1 aliphatic heterocycles. The predicted octanol–water partition coefficient (Wildman–Crippen LogP) is 3.14. The van der Waals surface area contributed by atoms with Crippen LogP contribution in [-0.4, -0.2) is 35.1 Å². The van der Waals surface area contributed by atoms with Crippen molar-refractivity contribution in [3.05, 3.63) is 65.9 Å². The number of pyridine rings is 2. The summed E-state index contributed by atoms with van der Waals surface area (Å²) in [4.78, 5) is 20.6. The second kappa shape index (κ2) is 8.60. The van der Waals surface area contributed by atoms with Gasteiger partial charge in [0.05, 0.1) is 17.4 Å². The maximum atomic E-state index is 14.4. The van der Waals surface area contributed by atoms with Gasteiger partial charge in [-0.3, -0.25) is 9.78 Å². The number of anilines is 2. The van der Waals surface area contributed by atoms with Gasteiger partial charge in [-0.15, -0.1) is 0 Å². The summed E-state index contributed by atoms with van der Waals surface area (Å²) in [6, 6.07) is 5.46. The van der Waals surface area contributed by atoms with Crippen LogP contribution in [0.15, 0.2) is 42.7 Å². The molecule has 7 nitrogen and oxygen atoms in total. The molecule has 1 atom stereocenters. The molecule has 1 aromatic carbocycles. The second-order valence-corrected chi connectivity index (χ2v) is 6.91. The lowest BCUT2D eigenvalue weighted by molar-refractivity contribution is 0.102. The number of aromatic nitrogens is 2. The first-order valence-electron chi connectivity index (χ1n) is 9.47. The first kappa shape index (κ1) is 20.6. The van der Waals surface area contributed by atoms with Gasteiger partial charge in [0.2, 0.25) is 0 Å². The van der Waals surface area contributed by atoms with Gasteiger partial charge in [0.15, 0.2) is 11.5 Å². The standard InChI is InChI=1S/C21H18F3N5O2/c22-12-2-1-3-13(23)18(12)19-14(24)8-15(25)20(29-19)21(30)28-16-10-27-7-5-17(16)31-11-4-6-26-9-11/h1-3,5,7-8,10-11,26H,4,6,9,25H2,(H,28,30). The number of halogens is 3. The van der Waals surface area contributed by atoms with Crippen LogP contribution in [-0.2, 0) is 0 Å². The van der Waals surface area contributed by atoms with Crippen molar-refractivity contribution >= 4 is 17.3 Å². The number of hydrogen-bond donors (Lipinski definition) is 3. The van der Waals surface area contributed by atoms with Crippen LogP contribution in [0.3, 0.4) is 0 Å². The number of carbonyl (C=O) groups excluding carboxylic acids is 1. The van der Waals surface area contributed by atoms with Crippen LogP contribution in [0.5, 0.6) is 5.75 Å². The molecule has 1 fully saturated rings. The van der Waals surface area contributed by atoms with Crippen molar-refractivity contribution < 1.29 is 22.7 Å². The van der Waals surface area contributed by atoms with Gasteiger partial charge < -0.3 is 21.1 Å². The number of nitrogens with two attached hydrogens (primary N) is 1. The number of hydrogen-bond acceptors (Lipinski definition) is 6. The maximum absolute atomic E-state index is 14.4. The van der Waals surface area contributed by atoms with E-state index in [0.29, 0.717) is 12.3 Å². The smallest absolute Gasteiger partial charge is 0.276 e. The Bertz CT molecular complexity index is 1120. The quantitative estimate of drug-likeness (QED) is 0.576.